The van der Waals surface area contributed by atoms with Crippen LogP contribution in [0.1, 0.15) is 37.9 Å². The summed E-state index contributed by atoms with van der Waals surface area (Å²) in [6.07, 6.45) is 2.40. The van der Waals surface area contributed by atoms with E-state index in [0.29, 0.717) is 0 Å². The maximum Gasteiger partial charge on any atom is 0.140 e. The summed E-state index contributed by atoms with van der Waals surface area (Å²) >= 11 is 0. The lowest BCUT2D eigenvalue weighted by Gasteiger charge is -2.08. The molecule has 1 atom stereocenters. The van der Waals surface area contributed by atoms with Crippen LogP contribution in [0.25, 0.3) is 10.8 Å². The smallest absolute Gasteiger partial charge is 0.140 e. The van der Waals surface area contributed by atoms with Gasteiger partial charge in [0.2, 0.25) is 0 Å². The number of benzene rings is 2. The average Bonchev–Trinajstić information content (AvgIpc) is 2.43. The van der Waals surface area contributed by atoms with Crippen LogP contribution in [0.3, 0.4) is 0 Å². The number of aliphatic hydroxyl groups excluding tert-OH is 1. The van der Waals surface area contributed by atoms with Crippen molar-refractivity contribution < 1.29 is 5.11 Å². The second kappa shape index (κ2) is 6.23. The molecule has 1 unspecified atom stereocenters. The van der Waals surface area contributed by atoms with Crippen LogP contribution in [-0.4, -0.2) is 5.11 Å². The number of fused-ring (bicyclic) bond motifs is 1. The molecule has 0 aliphatic rings. The van der Waals surface area contributed by atoms with Gasteiger partial charge in [0.15, 0.2) is 0 Å². The predicted molar refractivity (Wildman–Crippen MR) is 76.2 cm³/mol. The van der Waals surface area contributed by atoms with E-state index >= 15 is 0 Å². The summed E-state index contributed by atoms with van der Waals surface area (Å²) in [5.74, 6) is 5.98. The lowest BCUT2D eigenvalue weighted by Crippen LogP contribution is -1.94. The molecule has 1 N–H and O–H groups in total. The molecule has 2 rings (SSSR count). The van der Waals surface area contributed by atoms with Gasteiger partial charge in [-0.1, -0.05) is 61.7 Å². The fraction of sp³-hybridized carbons (Fsp3) is 0.294. The van der Waals surface area contributed by atoms with Gasteiger partial charge in [0, 0.05) is 12.0 Å². The molecule has 0 heterocycles. The molecule has 18 heavy (non-hydrogen) atoms. The Morgan fingerprint density at radius 3 is 2.72 bits per heavy atom. The van der Waals surface area contributed by atoms with Crippen LogP contribution in [0.4, 0.5) is 0 Å². The molecule has 0 spiro atoms. The fourth-order valence-corrected chi connectivity index (χ4v) is 2.00. The topological polar surface area (TPSA) is 20.2 Å². The molecule has 0 fully saturated rings. The molecule has 0 aliphatic carbocycles. The van der Waals surface area contributed by atoms with Gasteiger partial charge in [-0.3, -0.25) is 0 Å². The Hall–Kier alpha value is -1.78. The van der Waals surface area contributed by atoms with Crippen molar-refractivity contribution in [1.29, 1.82) is 0 Å². The molecular weight excluding hydrogens is 220 g/mol. The van der Waals surface area contributed by atoms with Gasteiger partial charge in [-0.2, -0.15) is 0 Å². The molecule has 0 aliphatic heterocycles. The number of aliphatic hydroxyl groups is 1. The van der Waals surface area contributed by atoms with Crippen molar-refractivity contribution in [1.82, 2.24) is 0 Å². The van der Waals surface area contributed by atoms with Gasteiger partial charge in [0.25, 0.3) is 0 Å². The number of unbranched alkanes of at least 4 members (excludes halogenated alkanes) is 2. The van der Waals surface area contributed by atoms with Crippen LogP contribution >= 0.6 is 0 Å². The third-order valence-corrected chi connectivity index (χ3v) is 3.01. The minimum atomic E-state index is -0.687. The van der Waals surface area contributed by atoms with E-state index < -0.39 is 6.10 Å². The van der Waals surface area contributed by atoms with Crippen LogP contribution in [0.5, 0.6) is 0 Å². The third kappa shape index (κ3) is 2.91. The summed E-state index contributed by atoms with van der Waals surface area (Å²) in [6.45, 7) is 2.14. The van der Waals surface area contributed by atoms with Crippen molar-refractivity contribution in [2.24, 2.45) is 0 Å². The highest BCUT2D eigenvalue weighted by molar-refractivity contribution is 5.86. The van der Waals surface area contributed by atoms with Gasteiger partial charge in [-0.05, 0) is 17.2 Å². The summed E-state index contributed by atoms with van der Waals surface area (Å²) in [7, 11) is 0. The zero-order valence-electron chi connectivity index (χ0n) is 10.7. The molecule has 1 heteroatoms. The summed E-state index contributed by atoms with van der Waals surface area (Å²) in [5, 5.41) is 12.4. The van der Waals surface area contributed by atoms with Crippen molar-refractivity contribution in [2.45, 2.75) is 32.3 Å². The van der Waals surface area contributed by atoms with E-state index in [2.05, 4.69) is 30.9 Å². The first-order valence-electron chi connectivity index (χ1n) is 6.47. The Labute approximate surface area is 108 Å². The molecule has 0 radical (unpaired) electrons. The zero-order chi connectivity index (χ0) is 12.8. The third-order valence-electron chi connectivity index (χ3n) is 3.01. The molecule has 0 bridgehead atoms. The maximum atomic E-state index is 10.1. The molecule has 92 valence electrons. The van der Waals surface area contributed by atoms with Crippen molar-refractivity contribution in [3.8, 4) is 11.8 Å². The molecule has 2 aromatic carbocycles. The van der Waals surface area contributed by atoms with E-state index in [0.717, 1.165) is 35.6 Å². The Kier molecular flexibility index (Phi) is 4.39. The molecule has 2 aromatic rings. The minimum Gasteiger partial charge on any atom is -0.376 e. The van der Waals surface area contributed by atoms with E-state index in [1.54, 1.807) is 0 Å². The molecule has 0 aromatic heterocycles. The largest absolute Gasteiger partial charge is 0.376 e. The van der Waals surface area contributed by atoms with E-state index in [4.69, 9.17) is 0 Å². The minimum absolute atomic E-state index is 0.687. The second-order valence-electron chi connectivity index (χ2n) is 4.40. The molecule has 0 saturated heterocycles. The average molecular weight is 238 g/mol. The van der Waals surface area contributed by atoms with Crippen LogP contribution < -0.4 is 0 Å². The highest BCUT2D eigenvalue weighted by Crippen LogP contribution is 2.23. The van der Waals surface area contributed by atoms with Crippen LogP contribution in [-0.2, 0) is 0 Å². The SMILES string of the molecule is CCCCC#CC(O)c1cccc2ccccc12. The number of hydrogen-bond donors (Lipinski definition) is 1. The maximum absolute atomic E-state index is 10.1. The molecule has 1 nitrogen and oxygen atoms in total. The number of hydrogen-bond acceptors (Lipinski definition) is 1. The number of rotatable bonds is 3. The molecule has 0 saturated carbocycles. The van der Waals surface area contributed by atoms with Crippen molar-refractivity contribution in [3.05, 3.63) is 48.0 Å². The Morgan fingerprint density at radius 1 is 1.11 bits per heavy atom. The van der Waals surface area contributed by atoms with Gasteiger partial charge < -0.3 is 5.11 Å². The highest BCUT2D eigenvalue weighted by atomic mass is 16.3. The van der Waals surface area contributed by atoms with Gasteiger partial charge in [-0.25, -0.2) is 0 Å². The standard InChI is InChI=1S/C17H18O/c1-2-3-4-5-13-17(18)16-12-8-10-14-9-6-7-11-15(14)16/h6-12,17-18H,2-4H2,1H3. The summed E-state index contributed by atoms with van der Waals surface area (Å²) in [6, 6.07) is 14.0. The van der Waals surface area contributed by atoms with E-state index in [-0.39, 0.29) is 0 Å². The monoisotopic (exact) mass is 238 g/mol. The second-order valence-corrected chi connectivity index (χ2v) is 4.40. The normalized spacial score (nSPS) is 11.9. The van der Waals surface area contributed by atoms with Gasteiger partial charge in [-0.15, -0.1) is 5.92 Å². The van der Waals surface area contributed by atoms with E-state index in [1.165, 1.54) is 0 Å². The summed E-state index contributed by atoms with van der Waals surface area (Å²) in [4.78, 5) is 0. The Bertz CT molecular complexity index is 569. The lowest BCUT2D eigenvalue weighted by atomic mass is 10.0. The lowest BCUT2D eigenvalue weighted by molar-refractivity contribution is 0.240. The van der Waals surface area contributed by atoms with Crippen molar-refractivity contribution >= 4 is 10.8 Å². The van der Waals surface area contributed by atoms with Crippen molar-refractivity contribution in [3.63, 3.8) is 0 Å². The van der Waals surface area contributed by atoms with E-state index in [1.807, 2.05) is 30.3 Å². The van der Waals surface area contributed by atoms with E-state index in [9.17, 15) is 5.11 Å². The summed E-state index contributed by atoms with van der Waals surface area (Å²) < 4.78 is 0. The fourth-order valence-electron chi connectivity index (χ4n) is 2.00. The highest BCUT2D eigenvalue weighted by Gasteiger charge is 2.07. The van der Waals surface area contributed by atoms with Gasteiger partial charge >= 0.3 is 0 Å². The van der Waals surface area contributed by atoms with Crippen LogP contribution in [0.2, 0.25) is 0 Å². The van der Waals surface area contributed by atoms with Gasteiger partial charge in [0.05, 0.1) is 0 Å². The van der Waals surface area contributed by atoms with Crippen LogP contribution in [0, 0.1) is 11.8 Å². The quantitative estimate of drug-likeness (QED) is 0.631. The zero-order valence-corrected chi connectivity index (χ0v) is 10.7. The first-order chi connectivity index (χ1) is 8.83. The molecule has 0 amide bonds. The van der Waals surface area contributed by atoms with Crippen LogP contribution in [0.15, 0.2) is 42.5 Å². The predicted octanol–water partition coefficient (Wildman–Crippen LogP) is 4.07. The Balaban J connectivity index is 2.26. The first kappa shape index (κ1) is 12.7. The summed E-state index contributed by atoms with van der Waals surface area (Å²) in [5.41, 5.74) is 0.900. The Morgan fingerprint density at radius 2 is 1.89 bits per heavy atom. The van der Waals surface area contributed by atoms with Crippen molar-refractivity contribution in [2.75, 3.05) is 0 Å². The molecular formula is C17H18O. The first-order valence-corrected chi connectivity index (χ1v) is 6.47. The van der Waals surface area contributed by atoms with Gasteiger partial charge in [0.1, 0.15) is 6.10 Å².